The van der Waals surface area contributed by atoms with Gasteiger partial charge in [0.15, 0.2) is 23.3 Å². The number of aliphatic hydroxyl groups excluding tert-OH is 1. The van der Waals surface area contributed by atoms with E-state index in [0.717, 1.165) is 10.0 Å². The van der Waals surface area contributed by atoms with Crippen LogP contribution in [0.2, 0.25) is 5.15 Å². The average molecular weight is 251 g/mol. The van der Waals surface area contributed by atoms with Crippen LogP contribution in [0.5, 0.6) is 0 Å². The van der Waals surface area contributed by atoms with Crippen molar-refractivity contribution in [1.29, 1.82) is 0 Å². The summed E-state index contributed by atoms with van der Waals surface area (Å²) in [6.45, 7) is -0.355. The van der Waals surface area contributed by atoms with E-state index < -0.39 is 5.82 Å². The Hall–Kier alpha value is -0.850. The molecule has 0 saturated heterocycles. The molecule has 0 unspecified atom stereocenters. The number of hydrogen-bond donors (Lipinski definition) is 1. The Kier molecular flexibility index (Phi) is 2.81. The summed E-state index contributed by atoms with van der Waals surface area (Å²) in [5, 5.41) is 8.66. The van der Waals surface area contributed by atoms with E-state index in [9.17, 15) is 8.28 Å². The zero-order valence-electron chi connectivity index (χ0n) is 7.25. The SMILES string of the molecule is OCc1cc2nc(Cl)c(F)cc2n1SF. The quantitative estimate of drug-likeness (QED) is 0.833. The lowest BCUT2D eigenvalue weighted by molar-refractivity contribution is 0.276. The molecular weight excluding hydrogens is 246 g/mol. The van der Waals surface area contributed by atoms with Crippen LogP contribution in [0.15, 0.2) is 12.1 Å². The summed E-state index contributed by atoms with van der Waals surface area (Å²) >= 11 is 5.35. The van der Waals surface area contributed by atoms with Gasteiger partial charge in [-0.2, -0.15) is 0 Å². The topological polar surface area (TPSA) is 38.1 Å². The summed E-state index contributed by atoms with van der Waals surface area (Å²) in [5.41, 5.74) is 0.885. The predicted octanol–water partition coefficient (Wildman–Crippen LogP) is 2.70. The van der Waals surface area contributed by atoms with Crippen molar-refractivity contribution in [1.82, 2.24) is 8.96 Å². The van der Waals surface area contributed by atoms with E-state index in [1.165, 1.54) is 6.07 Å². The van der Waals surface area contributed by atoms with Gasteiger partial charge in [0.25, 0.3) is 0 Å². The Morgan fingerprint density at radius 1 is 1.53 bits per heavy atom. The lowest BCUT2D eigenvalue weighted by atomic mass is 10.4. The molecule has 2 heterocycles. The average Bonchev–Trinajstić information content (AvgIpc) is 2.56. The van der Waals surface area contributed by atoms with Crippen LogP contribution >= 0.6 is 23.9 Å². The van der Waals surface area contributed by atoms with Crippen molar-refractivity contribution in [2.24, 2.45) is 0 Å². The fraction of sp³-hybridized carbons (Fsp3) is 0.125. The molecule has 0 saturated carbocycles. The van der Waals surface area contributed by atoms with Crippen LogP contribution in [0, 0.1) is 5.82 Å². The van der Waals surface area contributed by atoms with Gasteiger partial charge in [0.1, 0.15) is 0 Å². The molecule has 0 radical (unpaired) electrons. The Morgan fingerprint density at radius 3 is 2.87 bits per heavy atom. The second-order valence-electron chi connectivity index (χ2n) is 2.82. The van der Waals surface area contributed by atoms with Gasteiger partial charge in [-0.05, 0) is 6.07 Å². The van der Waals surface area contributed by atoms with Crippen molar-refractivity contribution in [2.45, 2.75) is 6.61 Å². The first-order valence-corrected chi connectivity index (χ1v) is 4.99. The number of rotatable bonds is 2. The van der Waals surface area contributed by atoms with E-state index in [-0.39, 0.29) is 29.6 Å². The summed E-state index contributed by atoms with van der Waals surface area (Å²) in [5.74, 6) is -0.720. The monoisotopic (exact) mass is 250 g/mol. The highest BCUT2D eigenvalue weighted by atomic mass is 35.5. The van der Waals surface area contributed by atoms with Crippen molar-refractivity contribution in [2.75, 3.05) is 0 Å². The van der Waals surface area contributed by atoms with E-state index in [0.29, 0.717) is 11.2 Å². The molecule has 15 heavy (non-hydrogen) atoms. The van der Waals surface area contributed by atoms with Crippen LogP contribution in [-0.4, -0.2) is 14.1 Å². The summed E-state index contributed by atoms with van der Waals surface area (Å²) in [6.07, 6.45) is 0. The first-order valence-electron chi connectivity index (χ1n) is 3.93. The molecule has 80 valence electrons. The van der Waals surface area contributed by atoms with Gasteiger partial charge in [-0.15, -0.1) is 3.89 Å². The lowest BCUT2D eigenvalue weighted by Crippen LogP contribution is -1.92. The molecule has 0 aliphatic rings. The van der Waals surface area contributed by atoms with Gasteiger partial charge in [-0.3, -0.25) is 3.97 Å². The molecule has 3 nitrogen and oxygen atoms in total. The molecule has 0 fully saturated rings. The molecule has 2 aromatic heterocycles. The van der Waals surface area contributed by atoms with Crippen molar-refractivity contribution < 1.29 is 13.4 Å². The second kappa shape index (κ2) is 3.96. The molecule has 7 heteroatoms. The number of fused-ring (bicyclic) bond motifs is 1. The molecule has 0 aliphatic carbocycles. The first kappa shape index (κ1) is 10.7. The zero-order valence-corrected chi connectivity index (χ0v) is 8.82. The van der Waals surface area contributed by atoms with E-state index in [2.05, 4.69) is 4.98 Å². The number of halogens is 3. The lowest BCUT2D eigenvalue weighted by Gasteiger charge is -2.00. The number of hydrogen-bond acceptors (Lipinski definition) is 3. The van der Waals surface area contributed by atoms with Gasteiger partial charge in [-0.1, -0.05) is 11.6 Å². The Labute approximate surface area is 93.1 Å². The van der Waals surface area contributed by atoms with Gasteiger partial charge in [-0.25, -0.2) is 9.37 Å². The minimum Gasteiger partial charge on any atom is -0.390 e. The highest BCUT2D eigenvalue weighted by molar-refractivity contribution is 7.93. The molecule has 0 aliphatic heterocycles. The summed E-state index contributed by atoms with van der Waals surface area (Å²) in [7, 11) is 0. The van der Waals surface area contributed by atoms with E-state index >= 15 is 0 Å². The second-order valence-corrected chi connectivity index (χ2v) is 3.68. The third kappa shape index (κ3) is 1.68. The van der Waals surface area contributed by atoms with Crippen molar-refractivity contribution >= 4 is 35.0 Å². The molecule has 0 atom stereocenters. The smallest absolute Gasteiger partial charge is 0.170 e. The fourth-order valence-electron chi connectivity index (χ4n) is 1.30. The highest BCUT2D eigenvalue weighted by Crippen LogP contribution is 2.27. The first-order chi connectivity index (χ1) is 7.17. The third-order valence-corrected chi connectivity index (χ3v) is 2.79. The standard InChI is InChI=1S/C8H5ClF2N2OS/c9-8-5(10)2-7-6(12-8)1-4(3-14)13(7)15-11/h1-2,14H,3H2. The molecule has 2 aromatic rings. The predicted molar refractivity (Wildman–Crippen MR) is 54.7 cm³/mol. The maximum atomic E-state index is 13.1. The maximum absolute atomic E-state index is 13.1. The number of aromatic nitrogens is 2. The number of nitrogens with zero attached hydrogens (tertiary/aromatic N) is 2. The van der Waals surface area contributed by atoms with Crippen LogP contribution in [0.25, 0.3) is 11.0 Å². The minimum atomic E-state index is -0.720. The Bertz CT molecular complexity index is 517. The van der Waals surface area contributed by atoms with Crippen LogP contribution in [0.4, 0.5) is 8.28 Å². The highest BCUT2D eigenvalue weighted by Gasteiger charge is 2.13. The zero-order chi connectivity index (χ0) is 11.0. The third-order valence-electron chi connectivity index (χ3n) is 1.96. The van der Waals surface area contributed by atoms with E-state index in [1.807, 2.05) is 0 Å². The van der Waals surface area contributed by atoms with Crippen LogP contribution < -0.4 is 0 Å². The number of aliphatic hydroxyl groups is 1. The summed E-state index contributed by atoms with van der Waals surface area (Å²) in [6, 6.07) is 2.53. The van der Waals surface area contributed by atoms with Crippen LogP contribution in [0.1, 0.15) is 5.69 Å². The van der Waals surface area contributed by atoms with Gasteiger partial charge in [0.05, 0.1) is 23.3 Å². The molecule has 0 spiro atoms. The molecule has 2 rings (SSSR count). The van der Waals surface area contributed by atoms with Crippen molar-refractivity contribution in [3.8, 4) is 0 Å². The van der Waals surface area contributed by atoms with E-state index in [1.54, 1.807) is 0 Å². The van der Waals surface area contributed by atoms with Gasteiger partial charge >= 0.3 is 0 Å². The van der Waals surface area contributed by atoms with Crippen LogP contribution in [0.3, 0.4) is 0 Å². The van der Waals surface area contributed by atoms with Crippen LogP contribution in [-0.2, 0) is 6.61 Å². The Balaban J connectivity index is 2.77. The molecule has 1 N–H and O–H groups in total. The molecule has 0 aromatic carbocycles. The normalized spacial score (nSPS) is 11.2. The van der Waals surface area contributed by atoms with Crippen molar-refractivity contribution in [3.63, 3.8) is 0 Å². The maximum Gasteiger partial charge on any atom is 0.170 e. The number of pyridine rings is 1. The van der Waals surface area contributed by atoms with Gasteiger partial charge in [0, 0.05) is 6.07 Å². The van der Waals surface area contributed by atoms with Gasteiger partial charge in [0.2, 0.25) is 0 Å². The van der Waals surface area contributed by atoms with Crippen molar-refractivity contribution in [3.05, 3.63) is 28.8 Å². The largest absolute Gasteiger partial charge is 0.390 e. The summed E-state index contributed by atoms with van der Waals surface area (Å²) in [4.78, 5) is 3.73. The fourth-order valence-corrected chi connectivity index (χ4v) is 1.87. The van der Waals surface area contributed by atoms with E-state index in [4.69, 9.17) is 16.7 Å². The minimum absolute atomic E-state index is 0.122. The Morgan fingerprint density at radius 2 is 2.27 bits per heavy atom. The van der Waals surface area contributed by atoms with Gasteiger partial charge < -0.3 is 5.11 Å². The molecule has 0 bridgehead atoms. The molecule has 0 amide bonds. The summed E-state index contributed by atoms with van der Waals surface area (Å²) < 4.78 is 26.7. The molecular formula is C8H5ClF2N2OS.